The molecule has 0 spiro atoms. The molecule has 1 saturated heterocycles. The number of hydrogen-bond donors (Lipinski definition) is 0. The Balaban J connectivity index is 0. The van der Waals surface area contributed by atoms with Crippen LogP contribution in [0.2, 0.25) is 0 Å². The average Bonchev–Trinajstić information content (AvgIpc) is 1.86. The van der Waals surface area contributed by atoms with Gasteiger partial charge in [-0.25, -0.2) is 0 Å². The third-order valence-corrected chi connectivity index (χ3v) is 0.788. The van der Waals surface area contributed by atoms with Crippen LogP contribution in [0.3, 0.4) is 0 Å². The summed E-state index contributed by atoms with van der Waals surface area (Å²) in [7, 11) is 0. The molecule has 0 aromatic rings. The van der Waals surface area contributed by atoms with Crippen LogP contribution in [0.1, 0.15) is 12.8 Å². The first-order valence-corrected chi connectivity index (χ1v) is 2.05. The number of carbonyl (C=O) groups excluding carboxylic acids is 1. The molecule has 0 unspecified atom stereocenters. The van der Waals surface area contributed by atoms with E-state index in [1.54, 1.807) is 0 Å². The van der Waals surface area contributed by atoms with Crippen LogP contribution in [-0.2, 0) is 9.53 Å². The topological polar surface area (TPSA) is 26.3 Å². The smallest absolute Gasteiger partial charge is 0.305 e. The van der Waals surface area contributed by atoms with Gasteiger partial charge in [0.1, 0.15) is 0 Å². The summed E-state index contributed by atoms with van der Waals surface area (Å²) < 4.78 is 4.51. The second-order valence-electron chi connectivity index (χ2n) is 1.32. The number of cyclic esters (lactones) is 1. The molecule has 0 aromatic carbocycles. The van der Waals surface area contributed by atoms with Crippen molar-refractivity contribution in [3.8, 4) is 0 Å². The van der Waals surface area contributed by atoms with Crippen LogP contribution in [0.25, 0.3) is 0 Å². The first-order valence-electron chi connectivity index (χ1n) is 2.05. The molecule has 1 fully saturated rings. The third-order valence-electron chi connectivity index (χ3n) is 0.788. The fourth-order valence-corrected chi connectivity index (χ4v) is 0.475. The Morgan fingerprint density at radius 1 is 1.38 bits per heavy atom. The van der Waals surface area contributed by atoms with Crippen molar-refractivity contribution in [3.05, 3.63) is 0 Å². The minimum atomic E-state index is -0.0463. The van der Waals surface area contributed by atoms with Crippen molar-refractivity contribution in [2.45, 2.75) is 12.8 Å². The van der Waals surface area contributed by atoms with E-state index in [4.69, 9.17) is 0 Å². The molecule has 1 aliphatic heterocycles. The van der Waals surface area contributed by atoms with Crippen molar-refractivity contribution in [3.63, 3.8) is 0 Å². The van der Waals surface area contributed by atoms with E-state index in [2.05, 4.69) is 4.74 Å². The first kappa shape index (κ1) is 12.2. The maximum absolute atomic E-state index is 10.0. The zero-order valence-corrected chi connectivity index (χ0v) is 9.44. The predicted octanol–water partition coefficient (Wildman–Crippen LogP) is -0.438. The minimum Gasteiger partial charge on any atom is -0.466 e. The van der Waals surface area contributed by atoms with E-state index >= 15 is 0 Å². The Morgan fingerprint density at radius 3 is 2.12 bits per heavy atom. The summed E-state index contributed by atoms with van der Waals surface area (Å²) in [4.78, 5) is 10.0. The van der Waals surface area contributed by atoms with Crippen molar-refractivity contribution in [1.29, 1.82) is 0 Å². The summed E-state index contributed by atoms with van der Waals surface area (Å²) >= 11 is 0. The molecule has 0 N–H and O–H groups in total. The van der Waals surface area contributed by atoms with Gasteiger partial charge in [-0.05, 0) is 6.42 Å². The number of carbonyl (C=O) groups is 1. The molecule has 1 rings (SSSR count). The van der Waals surface area contributed by atoms with E-state index in [9.17, 15) is 4.79 Å². The quantitative estimate of drug-likeness (QED) is 0.330. The van der Waals surface area contributed by atoms with Crippen molar-refractivity contribution in [2.75, 3.05) is 6.61 Å². The predicted molar refractivity (Wildman–Crippen MR) is 31.7 cm³/mol. The molecule has 0 bridgehead atoms. The van der Waals surface area contributed by atoms with Gasteiger partial charge in [0.25, 0.3) is 0 Å². The summed E-state index contributed by atoms with van der Waals surface area (Å²) in [5.41, 5.74) is 0. The van der Waals surface area contributed by atoms with Gasteiger partial charge in [-0.2, -0.15) is 0 Å². The Labute approximate surface area is 92.9 Å². The van der Waals surface area contributed by atoms with Crippen LogP contribution in [0.15, 0.2) is 0 Å². The molecular formula is C4H6Na2O2. The van der Waals surface area contributed by atoms with Crippen molar-refractivity contribution < 1.29 is 9.53 Å². The number of ether oxygens (including phenoxy) is 1. The van der Waals surface area contributed by atoms with E-state index in [1.165, 1.54) is 0 Å². The summed E-state index contributed by atoms with van der Waals surface area (Å²) in [5.74, 6) is -0.0463. The van der Waals surface area contributed by atoms with Gasteiger partial charge in [0, 0.05) is 65.5 Å². The molecular weight excluding hydrogens is 126 g/mol. The summed E-state index contributed by atoms with van der Waals surface area (Å²) in [5, 5.41) is 0. The summed E-state index contributed by atoms with van der Waals surface area (Å²) in [6.07, 6.45) is 1.54. The summed E-state index contributed by atoms with van der Waals surface area (Å²) in [6, 6.07) is 0. The Hall–Kier alpha value is 1.47. The molecule has 0 amide bonds. The Bertz CT molecular complexity index is 66.4. The van der Waals surface area contributed by atoms with Crippen LogP contribution in [0.5, 0.6) is 0 Å². The SMILES string of the molecule is O=C1CCCO1.[Na].[Na]. The van der Waals surface area contributed by atoms with Crippen molar-refractivity contribution in [2.24, 2.45) is 0 Å². The van der Waals surface area contributed by atoms with Crippen molar-refractivity contribution in [1.82, 2.24) is 0 Å². The fourth-order valence-electron chi connectivity index (χ4n) is 0.475. The third kappa shape index (κ3) is 4.36. The maximum atomic E-state index is 10.0. The van der Waals surface area contributed by atoms with E-state index in [0.717, 1.165) is 6.42 Å². The van der Waals surface area contributed by atoms with Gasteiger partial charge in [0.05, 0.1) is 6.61 Å². The minimum absolute atomic E-state index is 0. The van der Waals surface area contributed by atoms with Gasteiger partial charge >= 0.3 is 5.97 Å². The normalized spacial score (nSPS) is 15.8. The number of esters is 1. The molecule has 0 atom stereocenters. The Kier molecular flexibility index (Phi) is 10.0. The largest absolute Gasteiger partial charge is 0.466 e. The van der Waals surface area contributed by atoms with E-state index in [0.29, 0.717) is 13.0 Å². The van der Waals surface area contributed by atoms with Gasteiger partial charge in [-0.15, -0.1) is 0 Å². The number of rotatable bonds is 0. The standard InChI is InChI=1S/C4H6O2.2Na/c5-4-2-1-3-6-4;;/h1-3H2;;. The van der Waals surface area contributed by atoms with Gasteiger partial charge in [0.2, 0.25) is 0 Å². The van der Waals surface area contributed by atoms with E-state index < -0.39 is 0 Å². The van der Waals surface area contributed by atoms with Crippen LogP contribution in [-0.4, -0.2) is 71.7 Å². The molecule has 1 heterocycles. The maximum Gasteiger partial charge on any atom is 0.305 e. The molecule has 1 aliphatic rings. The zero-order valence-electron chi connectivity index (χ0n) is 5.44. The molecule has 0 saturated carbocycles. The molecule has 8 heavy (non-hydrogen) atoms. The second kappa shape index (κ2) is 6.59. The van der Waals surface area contributed by atoms with Crippen molar-refractivity contribution >= 4 is 65.1 Å². The van der Waals surface area contributed by atoms with Crippen LogP contribution >= 0.6 is 0 Å². The van der Waals surface area contributed by atoms with Gasteiger partial charge in [-0.1, -0.05) is 0 Å². The molecule has 0 aromatic heterocycles. The van der Waals surface area contributed by atoms with Gasteiger partial charge in [0.15, 0.2) is 0 Å². The number of hydrogen-bond acceptors (Lipinski definition) is 2. The van der Waals surface area contributed by atoms with Gasteiger partial charge < -0.3 is 4.74 Å². The fraction of sp³-hybridized carbons (Fsp3) is 0.750. The molecule has 2 radical (unpaired) electrons. The van der Waals surface area contributed by atoms with Gasteiger partial charge in [-0.3, -0.25) is 4.79 Å². The van der Waals surface area contributed by atoms with E-state index in [-0.39, 0.29) is 65.1 Å². The van der Waals surface area contributed by atoms with Crippen LogP contribution in [0.4, 0.5) is 0 Å². The second-order valence-corrected chi connectivity index (χ2v) is 1.32. The van der Waals surface area contributed by atoms with Crippen LogP contribution in [0, 0.1) is 0 Å². The molecule has 4 heteroatoms. The molecule has 0 aliphatic carbocycles. The summed E-state index contributed by atoms with van der Waals surface area (Å²) in [6.45, 7) is 0.638. The average molecular weight is 132 g/mol. The van der Waals surface area contributed by atoms with Crippen LogP contribution < -0.4 is 0 Å². The van der Waals surface area contributed by atoms with E-state index in [1.807, 2.05) is 0 Å². The first-order chi connectivity index (χ1) is 2.89. The Morgan fingerprint density at radius 2 is 2.00 bits per heavy atom. The molecule has 36 valence electrons. The zero-order chi connectivity index (χ0) is 4.41. The molecule has 2 nitrogen and oxygen atoms in total. The monoisotopic (exact) mass is 132 g/mol.